The number of ether oxygens (including phenoxy) is 1. The van der Waals surface area contributed by atoms with E-state index in [1.807, 2.05) is 0 Å². The molecule has 7 nitrogen and oxygen atoms in total. The molecule has 1 amide bonds. The molecule has 0 N–H and O–H groups in total. The lowest BCUT2D eigenvalue weighted by Gasteiger charge is -2.31. The van der Waals surface area contributed by atoms with Crippen LogP contribution in [-0.4, -0.2) is 39.9 Å². The largest absolute Gasteiger partial charge is 0.467 e. The molecule has 2 heterocycles. The molecule has 1 fully saturated rings. The number of benzene rings is 2. The lowest BCUT2D eigenvalue weighted by molar-refractivity contribution is -0.385. The molecule has 0 spiro atoms. The van der Waals surface area contributed by atoms with Crippen molar-refractivity contribution in [1.29, 1.82) is 0 Å². The second-order valence-corrected chi connectivity index (χ2v) is 7.90. The molecule has 2 aromatic carbocycles. The van der Waals surface area contributed by atoms with Gasteiger partial charge in [-0.25, -0.2) is 9.37 Å². The van der Waals surface area contributed by atoms with Crippen molar-refractivity contribution in [3.05, 3.63) is 63.5 Å². The van der Waals surface area contributed by atoms with E-state index >= 15 is 0 Å². The van der Waals surface area contributed by atoms with Gasteiger partial charge in [-0.3, -0.25) is 14.9 Å². The van der Waals surface area contributed by atoms with Crippen LogP contribution in [0.5, 0.6) is 5.19 Å². The van der Waals surface area contributed by atoms with Crippen LogP contribution >= 0.6 is 11.3 Å². The van der Waals surface area contributed by atoms with Crippen molar-refractivity contribution in [3.8, 4) is 5.19 Å². The summed E-state index contributed by atoms with van der Waals surface area (Å²) in [5.41, 5.74) is 1.37. The van der Waals surface area contributed by atoms with Gasteiger partial charge in [-0.15, -0.1) is 0 Å². The zero-order chi connectivity index (χ0) is 20.5. The Balaban J connectivity index is 1.40. The maximum Gasteiger partial charge on any atom is 0.274 e. The summed E-state index contributed by atoms with van der Waals surface area (Å²) in [5.74, 6) is -0.518. The average Bonchev–Trinajstić information content (AvgIpc) is 3.09. The number of likely N-dealkylation sites (tertiary alicyclic amines) is 1. The molecule has 1 aromatic heterocycles. The smallest absolute Gasteiger partial charge is 0.274 e. The van der Waals surface area contributed by atoms with Gasteiger partial charge in [0.2, 0.25) is 0 Å². The van der Waals surface area contributed by atoms with Gasteiger partial charge < -0.3 is 9.64 Å². The molecule has 4 rings (SSSR count). The van der Waals surface area contributed by atoms with E-state index in [2.05, 4.69) is 4.98 Å². The van der Waals surface area contributed by atoms with Crippen molar-refractivity contribution in [2.45, 2.75) is 25.9 Å². The first-order valence-corrected chi connectivity index (χ1v) is 10.00. The Bertz CT molecular complexity index is 1090. The molecule has 3 aromatic rings. The van der Waals surface area contributed by atoms with Gasteiger partial charge in [0.25, 0.3) is 16.8 Å². The van der Waals surface area contributed by atoms with E-state index in [-0.39, 0.29) is 23.5 Å². The molecular formula is C20H18FN3O4S. The first-order chi connectivity index (χ1) is 13.9. The number of nitro benzene ring substituents is 1. The highest BCUT2D eigenvalue weighted by Crippen LogP contribution is 2.30. The molecule has 9 heteroatoms. The number of nitrogens with zero attached hydrogens (tertiary/aromatic N) is 3. The Labute approximate surface area is 169 Å². The molecule has 0 unspecified atom stereocenters. The summed E-state index contributed by atoms with van der Waals surface area (Å²) in [6.45, 7) is 2.58. The monoisotopic (exact) mass is 415 g/mol. The van der Waals surface area contributed by atoms with E-state index in [1.54, 1.807) is 24.0 Å². The average molecular weight is 415 g/mol. The number of carbonyl (C=O) groups excluding carboxylic acids is 1. The third-order valence-electron chi connectivity index (χ3n) is 5.06. The maximum absolute atomic E-state index is 13.3. The second-order valence-electron chi connectivity index (χ2n) is 6.91. The number of carbonyl (C=O) groups is 1. The molecule has 0 radical (unpaired) electrons. The van der Waals surface area contributed by atoms with Gasteiger partial charge in [-0.1, -0.05) is 17.4 Å². The predicted molar refractivity (Wildman–Crippen MR) is 107 cm³/mol. The van der Waals surface area contributed by atoms with Crippen molar-refractivity contribution in [2.24, 2.45) is 0 Å². The van der Waals surface area contributed by atoms with Crippen LogP contribution in [0, 0.1) is 22.9 Å². The summed E-state index contributed by atoms with van der Waals surface area (Å²) in [4.78, 5) is 29.5. The second kappa shape index (κ2) is 7.75. The third kappa shape index (κ3) is 3.91. The van der Waals surface area contributed by atoms with E-state index in [4.69, 9.17) is 4.74 Å². The van der Waals surface area contributed by atoms with Crippen LogP contribution in [0.1, 0.15) is 28.8 Å². The lowest BCUT2D eigenvalue weighted by Crippen LogP contribution is -2.42. The van der Waals surface area contributed by atoms with Gasteiger partial charge in [0, 0.05) is 43.1 Å². The molecule has 1 saturated heterocycles. The minimum atomic E-state index is -0.476. The standard InChI is InChI=1S/C20H18FN3O4S/c1-12-15(3-2-4-17(12)24(26)27)19(25)23-9-7-14(8-10-23)28-20-22-16-6-5-13(21)11-18(16)29-20/h2-6,11,14H,7-10H2,1H3. The topological polar surface area (TPSA) is 85.6 Å². The minimum Gasteiger partial charge on any atom is -0.467 e. The molecular weight excluding hydrogens is 397 g/mol. The van der Waals surface area contributed by atoms with E-state index in [0.29, 0.717) is 47.8 Å². The summed E-state index contributed by atoms with van der Waals surface area (Å²) in [6, 6.07) is 8.97. The van der Waals surface area contributed by atoms with Crippen LogP contribution in [-0.2, 0) is 0 Å². The van der Waals surface area contributed by atoms with Crippen LogP contribution in [0.15, 0.2) is 36.4 Å². The number of piperidine rings is 1. The van der Waals surface area contributed by atoms with E-state index in [1.165, 1.54) is 35.6 Å². The highest BCUT2D eigenvalue weighted by atomic mass is 32.1. The Kier molecular flexibility index (Phi) is 5.14. The van der Waals surface area contributed by atoms with Gasteiger partial charge in [0.1, 0.15) is 11.9 Å². The fraction of sp³-hybridized carbons (Fsp3) is 0.300. The van der Waals surface area contributed by atoms with Gasteiger partial charge in [-0.05, 0) is 31.2 Å². The summed E-state index contributed by atoms with van der Waals surface area (Å²) in [5, 5.41) is 11.6. The number of hydrogen-bond donors (Lipinski definition) is 0. The number of fused-ring (bicyclic) bond motifs is 1. The van der Waals surface area contributed by atoms with Gasteiger partial charge >= 0.3 is 0 Å². The fourth-order valence-electron chi connectivity index (χ4n) is 3.47. The summed E-state index contributed by atoms with van der Waals surface area (Å²) >= 11 is 1.30. The lowest BCUT2D eigenvalue weighted by atomic mass is 10.0. The predicted octanol–water partition coefficient (Wildman–Crippen LogP) is 4.34. The Morgan fingerprint density at radius 3 is 2.79 bits per heavy atom. The number of amides is 1. The zero-order valence-electron chi connectivity index (χ0n) is 15.6. The maximum atomic E-state index is 13.3. The first-order valence-electron chi connectivity index (χ1n) is 9.18. The molecule has 29 heavy (non-hydrogen) atoms. The van der Waals surface area contributed by atoms with Crippen molar-refractivity contribution in [1.82, 2.24) is 9.88 Å². The number of aromatic nitrogens is 1. The molecule has 0 aliphatic carbocycles. The molecule has 0 saturated carbocycles. The summed E-state index contributed by atoms with van der Waals surface area (Å²) in [6.07, 6.45) is 1.17. The Morgan fingerprint density at radius 1 is 1.31 bits per heavy atom. The van der Waals surface area contributed by atoms with Crippen molar-refractivity contribution in [2.75, 3.05) is 13.1 Å². The highest BCUT2D eigenvalue weighted by Gasteiger charge is 2.27. The van der Waals surface area contributed by atoms with Crippen LogP contribution in [0.3, 0.4) is 0 Å². The van der Waals surface area contributed by atoms with Crippen LogP contribution < -0.4 is 4.74 Å². The molecule has 1 aliphatic rings. The van der Waals surface area contributed by atoms with Crippen molar-refractivity contribution >= 4 is 33.1 Å². The van der Waals surface area contributed by atoms with E-state index < -0.39 is 4.92 Å². The SMILES string of the molecule is Cc1c(C(=O)N2CCC(Oc3nc4ccc(F)cc4s3)CC2)cccc1[N+](=O)[O-]. The fourth-order valence-corrected chi connectivity index (χ4v) is 4.38. The molecule has 0 atom stereocenters. The summed E-state index contributed by atoms with van der Waals surface area (Å²) in [7, 11) is 0. The van der Waals surface area contributed by atoms with Gasteiger partial charge in [-0.2, -0.15) is 0 Å². The normalized spacial score (nSPS) is 14.9. The van der Waals surface area contributed by atoms with Crippen LogP contribution in [0.4, 0.5) is 10.1 Å². The number of thiazole rings is 1. The van der Waals surface area contributed by atoms with Crippen LogP contribution in [0.2, 0.25) is 0 Å². The number of halogens is 1. The molecule has 150 valence electrons. The summed E-state index contributed by atoms with van der Waals surface area (Å²) < 4.78 is 20.0. The Hall–Kier alpha value is -3.07. The van der Waals surface area contributed by atoms with Gasteiger partial charge in [0.15, 0.2) is 0 Å². The minimum absolute atomic E-state index is 0.0543. The first kappa shape index (κ1) is 19.3. The third-order valence-corrected chi connectivity index (χ3v) is 5.97. The molecule has 1 aliphatic heterocycles. The van der Waals surface area contributed by atoms with Crippen LogP contribution in [0.25, 0.3) is 10.2 Å². The van der Waals surface area contributed by atoms with E-state index in [0.717, 1.165) is 4.70 Å². The van der Waals surface area contributed by atoms with Crippen molar-refractivity contribution < 1.29 is 18.8 Å². The number of nitro groups is 1. The quantitative estimate of drug-likeness (QED) is 0.468. The molecule has 0 bridgehead atoms. The van der Waals surface area contributed by atoms with E-state index in [9.17, 15) is 19.3 Å². The van der Waals surface area contributed by atoms with Gasteiger partial charge in [0.05, 0.1) is 15.1 Å². The number of hydrogen-bond acceptors (Lipinski definition) is 6. The zero-order valence-corrected chi connectivity index (χ0v) is 16.4. The van der Waals surface area contributed by atoms with Crippen molar-refractivity contribution in [3.63, 3.8) is 0 Å². The Morgan fingerprint density at radius 2 is 2.07 bits per heavy atom. The highest BCUT2D eigenvalue weighted by molar-refractivity contribution is 7.20. The number of rotatable bonds is 4.